The van der Waals surface area contributed by atoms with Gasteiger partial charge in [0, 0.05) is 25.9 Å². The van der Waals surface area contributed by atoms with Crippen LogP contribution in [-0.4, -0.2) is 66.1 Å². The van der Waals surface area contributed by atoms with E-state index in [1.165, 1.54) is 0 Å². The molecule has 0 bridgehead atoms. The van der Waals surface area contributed by atoms with E-state index in [-0.39, 0.29) is 57.8 Å². The lowest BCUT2D eigenvalue weighted by atomic mass is 10.1. The number of hydrogen-bond acceptors (Lipinski definition) is 10. The van der Waals surface area contributed by atoms with Gasteiger partial charge in [-0.1, -0.05) is 60.7 Å². The molecule has 2 aromatic carbocycles. The summed E-state index contributed by atoms with van der Waals surface area (Å²) in [6.45, 7) is 0.847. The molecule has 14 nitrogen and oxygen atoms in total. The number of alkyl carbamates (subject to hydrolysis) is 2. The van der Waals surface area contributed by atoms with Gasteiger partial charge in [-0.05, 0) is 49.7 Å². The first-order valence-corrected chi connectivity index (χ1v) is 15.3. The fourth-order valence-electron chi connectivity index (χ4n) is 4.36. The zero-order valence-electron chi connectivity index (χ0n) is 26.0. The highest BCUT2D eigenvalue weighted by Crippen LogP contribution is 2.14. The van der Waals surface area contributed by atoms with E-state index in [0.717, 1.165) is 11.1 Å². The van der Waals surface area contributed by atoms with E-state index in [2.05, 4.69) is 16.0 Å². The lowest BCUT2D eigenvalue weighted by Crippen LogP contribution is -2.50. The number of nitrogens with two attached hydrogens (primary N) is 1. The van der Waals surface area contributed by atoms with Crippen molar-refractivity contribution >= 4 is 48.3 Å². The molecule has 0 radical (unpaired) electrons. The summed E-state index contributed by atoms with van der Waals surface area (Å²) < 4.78 is 10.3. The first-order valence-electron chi connectivity index (χ1n) is 15.3. The third-order valence-electron chi connectivity index (χ3n) is 6.95. The molecule has 256 valence electrons. The number of amides is 5. The number of unbranched alkanes of at least 4 members (excludes halogenated alkanes) is 2. The third kappa shape index (κ3) is 14.5. The van der Waals surface area contributed by atoms with Gasteiger partial charge in [0.1, 0.15) is 19.3 Å². The molecule has 5 amide bonds. The van der Waals surface area contributed by atoms with Crippen LogP contribution in [0.25, 0.3) is 0 Å². The van der Waals surface area contributed by atoms with Gasteiger partial charge in [0.15, 0.2) is 0 Å². The monoisotopic (exact) mass is 675 g/mol. The summed E-state index contributed by atoms with van der Waals surface area (Å²) >= 11 is 0. The molecule has 0 aromatic heterocycles. The summed E-state index contributed by atoms with van der Waals surface area (Å²) in [7, 11) is 0. The molecular weight excluding hydrogens is 634 g/mol. The highest BCUT2D eigenvalue weighted by atomic mass is 35.5. The summed E-state index contributed by atoms with van der Waals surface area (Å²) in [5.41, 5.74) is 7.76. The van der Waals surface area contributed by atoms with Crippen LogP contribution >= 0.6 is 12.4 Å². The van der Waals surface area contributed by atoms with E-state index in [1.807, 2.05) is 60.7 Å². The first kappa shape index (κ1) is 38.5. The second-order valence-electron chi connectivity index (χ2n) is 10.6. The average Bonchev–Trinajstić information content (AvgIpc) is 3.38. The quantitative estimate of drug-likeness (QED) is 0.135. The van der Waals surface area contributed by atoms with Gasteiger partial charge in [0.05, 0.1) is 6.04 Å². The predicted octanol–water partition coefficient (Wildman–Crippen LogP) is 3.02. The van der Waals surface area contributed by atoms with Crippen molar-refractivity contribution in [2.24, 2.45) is 5.73 Å². The number of carbonyl (C=O) groups excluding carboxylic acids is 6. The van der Waals surface area contributed by atoms with Crippen LogP contribution in [0.15, 0.2) is 60.7 Å². The number of hydrogen-bond donors (Lipinski definition) is 4. The summed E-state index contributed by atoms with van der Waals surface area (Å²) in [5.74, 6) is -2.87. The van der Waals surface area contributed by atoms with Crippen molar-refractivity contribution in [3.8, 4) is 0 Å². The zero-order chi connectivity index (χ0) is 33.1. The van der Waals surface area contributed by atoms with Gasteiger partial charge in [0.2, 0.25) is 5.91 Å². The lowest BCUT2D eigenvalue weighted by Gasteiger charge is -2.22. The number of carbonyl (C=O) groups is 6. The van der Waals surface area contributed by atoms with Crippen molar-refractivity contribution in [3.63, 3.8) is 0 Å². The Morgan fingerprint density at radius 1 is 0.723 bits per heavy atom. The molecule has 0 aliphatic carbocycles. The lowest BCUT2D eigenvalue weighted by molar-refractivity contribution is -0.199. The van der Waals surface area contributed by atoms with Crippen LogP contribution in [0.2, 0.25) is 0 Å². The molecule has 0 saturated carbocycles. The molecule has 2 unspecified atom stereocenters. The van der Waals surface area contributed by atoms with Crippen LogP contribution < -0.4 is 21.7 Å². The van der Waals surface area contributed by atoms with Crippen LogP contribution in [0.5, 0.6) is 0 Å². The molecule has 2 aromatic rings. The molecule has 47 heavy (non-hydrogen) atoms. The van der Waals surface area contributed by atoms with Crippen molar-refractivity contribution in [2.75, 3.05) is 13.1 Å². The van der Waals surface area contributed by atoms with E-state index < -0.39 is 48.0 Å². The van der Waals surface area contributed by atoms with Gasteiger partial charge >= 0.3 is 18.2 Å². The molecule has 3 rings (SSSR count). The maximum absolute atomic E-state index is 12.9. The molecular formula is C32H42ClN5O9. The Morgan fingerprint density at radius 2 is 1.19 bits per heavy atom. The third-order valence-corrected chi connectivity index (χ3v) is 6.95. The summed E-state index contributed by atoms with van der Waals surface area (Å²) in [6, 6.07) is 16.3. The Morgan fingerprint density at radius 3 is 1.68 bits per heavy atom. The highest BCUT2D eigenvalue weighted by molar-refractivity contribution is 6.02. The largest absolute Gasteiger partial charge is 0.445 e. The van der Waals surface area contributed by atoms with Gasteiger partial charge in [-0.3, -0.25) is 14.4 Å². The molecule has 5 N–H and O–H groups in total. The second-order valence-corrected chi connectivity index (χ2v) is 10.6. The minimum Gasteiger partial charge on any atom is -0.445 e. The molecule has 1 heterocycles. The van der Waals surface area contributed by atoms with Crippen molar-refractivity contribution in [1.82, 2.24) is 21.0 Å². The Labute approximate surface area is 279 Å². The normalized spacial score (nSPS) is 13.5. The number of benzene rings is 2. The molecule has 2 atom stereocenters. The number of hydroxylamine groups is 2. The fraction of sp³-hybridized carbons (Fsp3) is 0.438. The number of ether oxygens (including phenoxy) is 2. The average molecular weight is 676 g/mol. The van der Waals surface area contributed by atoms with Crippen LogP contribution in [0.1, 0.15) is 62.5 Å². The number of nitrogens with zero attached hydrogens (tertiary/aromatic N) is 1. The van der Waals surface area contributed by atoms with Crippen LogP contribution in [-0.2, 0) is 46.7 Å². The minimum absolute atomic E-state index is 0. The molecule has 1 aliphatic rings. The van der Waals surface area contributed by atoms with Crippen molar-refractivity contribution < 1.29 is 43.1 Å². The van der Waals surface area contributed by atoms with Gasteiger partial charge < -0.3 is 36.0 Å². The van der Waals surface area contributed by atoms with Crippen molar-refractivity contribution in [1.29, 1.82) is 0 Å². The standard InChI is InChI=1S/C32H41N5O9.ClH/c33-25(15-7-9-19-34-31(42)44-21-23-11-3-1-4-12-23)29(40)36-26(30(41)46-37-27(38)17-18-28(37)39)16-8-10-20-35-32(43)45-22-24-13-5-2-6-14-24;/h1-6,11-14,25-26H,7-10,15-22,33H2,(H,34,42)(H,35,43)(H,36,40);1H. The van der Waals surface area contributed by atoms with Gasteiger partial charge in [-0.15, -0.1) is 17.5 Å². The Hall–Kier alpha value is -4.69. The molecule has 15 heteroatoms. The topological polar surface area (TPSA) is 195 Å². The van der Waals surface area contributed by atoms with Gasteiger partial charge in [-0.2, -0.15) is 0 Å². The zero-order valence-corrected chi connectivity index (χ0v) is 26.8. The molecule has 0 spiro atoms. The van der Waals surface area contributed by atoms with E-state index in [9.17, 15) is 28.8 Å². The maximum atomic E-state index is 12.9. The Bertz CT molecular complexity index is 1300. The SMILES string of the molecule is Cl.NC(CCCCNC(=O)OCc1ccccc1)C(=O)NC(CCCCNC(=O)OCc1ccccc1)C(=O)ON1C(=O)CCC1=O. The van der Waals surface area contributed by atoms with Crippen LogP contribution in [0, 0.1) is 0 Å². The summed E-state index contributed by atoms with van der Waals surface area (Å²) in [4.78, 5) is 78.4. The Kier molecular flexibility index (Phi) is 17.3. The number of nitrogens with one attached hydrogen (secondary N) is 3. The molecule has 1 saturated heterocycles. The molecule has 1 fully saturated rings. The van der Waals surface area contributed by atoms with Gasteiger partial charge in [0.25, 0.3) is 11.8 Å². The molecule has 1 aliphatic heterocycles. The first-order chi connectivity index (χ1) is 22.2. The highest BCUT2D eigenvalue weighted by Gasteiger charge is 2.35. The van der Waals surface area contributed by atoms with E-state index in [0.29, 0.717) is 37.3 Å². The number of halogens is 1. The maximum Gasteiger partial charge on any atom is 0.407 e. The van der Waals surface area contributed by atoms with E-state index >= 15 is 0 Å². The number of rotatable bonds is 18. The van der Waals surface area contributed by atoms with Crippen molar-refractivity contribution in [2.45, 2.75) is 76.7 Å². The second kappa shape index (κ2) is 21.2. The number of imide groups is 1. The smallest absolute Gasteiger partial charge is 0.407 e. The summed E-state index contributed by atoms with van der Waals surface area (Å²) in [6.07, 6.45) is 0.940. The Balaban J connectivity index is 0.00000768. The van der Waals surface area contributed by atoms with Crippen LogP contribution in [0.4, 0.5) is 9.59 Å². The fourth-order valence-corrected chi connectivity index (χ4v) is 4.36. The summed E-state index contributed by atoms with van der Waals surface area (Å²) in [5, 5.41) is 8.25. The van der Waals surface area contributed by atoms with E-state index in [1.54, 1.807) is 0 Å². The van der Waals surface area contributed by atoms with E-state index in [4.69, 9.17) is 20.0 Å². The van der Waals surface area contributed by atoms with Crippen molar-refractivity contribution in [3.05, 3.63) is 71.8 Å². The minimum atomic E-state index is -1.19. The predicted molar refractivity (Wildman–Crippen MR) is 171 cm³/mol. The van der Waals surface area contributed by atoms with Crippen LogP contribution in [0.3, 0.4) is 0 Å². The van der Waals surface area contributed by atoms with Gasteiger partial charge in [-0.25, -0.2) is 14.4 Å².